The molecule has 1 rings (SSSR count). The molecular weight excluding hydrogens is 212 g/mol. The summed E-state index contributed by atoms with van der Waals surface area (Å²) in [6, 6.07) is 0. The van der Waals surface area contributed by atoms with E-state index in [1.807, 2.05) is 0 Å². The van der Waals surface area contributed by atoms with Crippen molar-refractivity contribution in [3.63, 3.8) is 0 Å². The second-order valence-corrected chi connectivity index (χ2v) is 5.89. The lowest BCUT2D eigenvalue weighted by atomic mass is 10.0. The van der Waals surface area contributed by atoms with Crippen LogP contribution in [0.15, 0.2) is 0 Å². The van der Waals surface area contributed by atoms with Crippen LogP contribution in [0.3, 0.4) is 0 Å². The molecule has 0 radical (unpaired) electrons. The first-order valence-corrected chi connectivity index (χ1v) is 7.50. The normalized spacial score (nSPS) is 20.8. The van der Waals surface area contributed by atoms with Crippen molar-refractivity contribution in [1.29, 1.82) is 0 Å². The van der Waals surface area contributed by atoms with Crippen LogP contribution in [0.1, 0.15) is 71.6 Å². The predicted octanol–water partition coefficient (Wildman–Crippen LogP) is 3.91. The van der Waals surface area contributed by atoms with Gasteiger partial charge in [0.2, 0.25) is 0 Å². The van der Waals surface area contributed by atoms with Gasteiger partial charge >= 0.3 is 0 Å². The maximum Gasteiger partial charge on any atom is 0.107 e. The molecule has 0 aliphatic carbocycles. The van der Waals surface area contributed by atoms with Crippen LogP contribution in [0.25, 0.3) is 0 Å². The Balaban J connectivity index is 1.72. The van der Waals surface area contributed by atoms with Crippen LogP contribution in [-0.4, -0.2) is 23.9 Å². The molecule has 1 aliphatic heterocycles. The fourth-order valence-corrected chi connectivity index (χ4v) is 2.25. The van der Waals surface area contributed by atoms with Gasteiger partial charge in [-0.15, -0.1) is 0 Å². The Morgan fingerprint density at radius 3 is 1.88 bits per heavy atom. The average molecular weight is 242 g/mol. The molecule has 0 saturated carbocycles. The molecule has 0 amide bonds. The highest BCUT2D eigenvalue weighted by atomic mass is 16.6. The molecule has 2 heteroatoms. The Morgan fingerprint density at radius 2 is 1.41 bits per heavy atom. The zero-order chi connectivity index (χ0) is 12.5. The van der Waals surface area contributed by atoms with Crippen molar-refractivity contribution in [2.45, 2.75) is 83.8 Å². The number of aliphatic hydroxyl groups is 1. The minimum Gasteiger partial charge on any atom is -0.390 e. The van der Waals surface area contributed by atoms with Crippen molar-refractivity contribution in [2.24, 2.45) is 5.92 Å². The fraction of sp³-hybridized carbons (Fsp3) is 1.00. The van der Waals surface area contributed by atoms with Gasteiger partial charge in [-0.1, -0.05) is 65.2 Å². The van der Waals surface area contributed by atoms with Gasteiger partial charge in [-0.25, -0.2) is 0 Å². The molecule has 0 aromatic carbocycles. The van der Waals surface area contributed by atoms with E-state index in [9.17, 15) is 5.11 Å². The summed E-state index contributed by atoms with van der Waals surface area (Å²) in [5.41, 5.74) is 0. The first kappa shape index (κ1) is 15.0. The molecule has 2 unspecified atom stereocenters. The Morgan fingerprint density at radius 1 is 0.941 bits per heavy atom. The molecule has 2 atom stereocenters. The van der Waals surface area contributed by atoms with Gasteiger partial charge in [-0.05, 0) is 12.3 Å². The number of ether oxygens (including phenoxy) is 1. The van der Waals surface area contributed by atoms with Crippen LogP contribution in [0.5, 0.6) is 0 Å². The van der Waals surface area contributed by atoms with E-state index < -0.39 is 0 Å². The molecule has 1 fully saturated rings. The summed E-state index contributed by atoms with van der Waals surface area (Å²) in [5, 5.41) is 9.59. The quantitative estimate of drug-likeness (QED) is 0.440. The lowest BCUT2D eigenvalue weighted by Crippen LogP contribution is -2.13. The van der Waals surface area contributed by atoms with Crippen molar-refractivity contribution in [2.75, 3.05) is 6.61 Å². The molecule has 1 heterocycles. The summed E-state index contributed by atoms with van der Waals surface area (Å²) < 4.78 is 5.06. The highest BCUT2D eigenvalue weighted by molar-refractivity contribution is 4.77. The average Bonchev–Trinajstić information content (AvgIpc) is 3.09. The lowest BCUT2D eigenvalue weighted by Gasteiger charge is -2.07. The van der Waals surface area contributed by atoms with Gasteiger partial charge in [-0.2, -0.15) is 0 Å². The SMILES string of the molecule is CC(C)CCCCCCCCCC(O)C1CO1. The Bertz CT molecular complexity index is 176. The highest BCUT2D eigenvalue weighted by Gasteiger charge is 2.30. The van der Waals surface area contributed by atoms with E-state index in [-0.39, 0.29) is 12.2 Å². The minimum atomic E-state index is -0.193. The number of hydrogen-bond acceptors (Lipinski definition) is 2. The maximum absolute atomic E-state index is 9.59. The zero-order valence-electron chi connectivity index (χ0n) is 11.7. The van der Waals surface area contributed by atoms with Crippen molar-refractivity contribution >= 4 is 0 Å². The van der Waals surface area contributed by atoms with Gasteiger partial charge in [0.05, 0.1) is 12.7 Å². The van der Waals surface area contributed by atoms with Crippen LogP contribution >= 0.6 is 0 Å². The Labute approximate surface area is 107 Å². The molecule has 0 aromatic heterocycles. The zero-order valence-corrected chi connectivity index (χ0v) is 11.7. The van der Waals surface area contributed by atoms with Gasteiger partial charge in [0.25, 0.3) is 0 Å². The van der Waals surface area contributed by atoms with Crippen LogP contribution in [0.2, 0.25) is 0 Å². The summed E-state index contributed by atoms with van der Waals surface area (Å²) in [4.78, 5) is 0. The number of epoxide rings is 1. The molecule has 2 nitrogen and oxygen atoms in total. The summed E-state index contributed by atoms with van der Waals surface area (Å²) in [6.45, 7) is 5.38. The van der Waals surface area contributed by atoms with E-state index in [1.54, 1.807) is 0 Å². The Hall–Kier alpha value is -0.0800. The van der Waals surface area contributed by atoms with E-state index in [1.165, 1.54) is 44.9 Å². The molecule has 0 spiro atoms. The summed E-state index contributed by atoms with van der Waals surface area (Å²) >= 11 is 0. The van der Waals surface area contributed by atoms with E-state index in [0.717, 1.165) is 25.4 Å². The topological polar surface area (TPSA) is 32.8 Å². The second kappa shape index (κ2) is 8.93. The number of aliphatic hydroxyl groups excluding tert-OH is 1. The number of rotatable bonds is 11. The lowest BCUT2D eigenvalue weighted by molar-refractivity contribution is 0.123. The smallest absolute Gasteiger partial charge is 0.107 e. The molecular formula is C15H30O2. The van der Waals surface area contributed by atoms with Gasteiger partial charge in [-0.3, -0.25) is 0 Å². The number of hydrogen-bond donors (Lipinski definition) is 1. The largest absolute Gasteiger partial charge is 0.390 e. The van der Waals surface area contributed by atoms with Crippen LogP contribution < -0.4 is 0 Å². The standard InChI is InChI=1S/C15H30O2/c1-13(2)10-8-6-4-3-5-7-9-11-14(16)15-12-17-15/h13-16H,3-12H2,1-2H3. The molecule has 1 saturated heterocycles. The maximum atomic E-state index is 9.59. The molecule has 0 bridgehead atoms. The van der Waals surface area contributed by atoms with E-state index >= 15 is 0 Å². The fourth-order valence-electron chi connectivity index (χ4n) is 2.25. The third kappa shape index (κ3) is 8.62. The first-order valence-electron chi connectivity index (χ1n) is 7.50. The molecule has 1 N–H and O–H groups in total. The van der Waals surface area contributed by atoms with Gasteiger partial charge < -0.3 is 9.84 Å². The van der Waals surface area contributed by atoms with Crippen molar-refractivity contribution in [1.82, 2.24) is 0 Å². The summed E-state index contributed by atoms with van der Waals surface area (Å²) in [5.74, 6) is 0.862. The van der Waals surface area contributed by atoms with Gasteiger partial charge in [0.15, 0.2) is 0 Å². The molecule has 102 valence electrons. The summed E-state index contributed by atoms with van der Waals surface area (Å²) in [6.07, 6.45) is 11.6. The third-order valence-corrected chi connectivity index (χ3v) is 3.57. The van der Waals surface area contributed by atoms with Crippen LogP contribution in [-0.2, 0) is 4.74 Å². The summed E-state index contributed by atoms with van der Waals surface area (Å²) in [7, 11) is 0. The third-order valence-electron chi connectivity index (χ3n) is 3.57. The molecule has 1 aliphatic rings. The van der Waals surface area contributed by atoms with Crippen LogP contribution in [0, 0.1) is 5.92 Å². The Kier molecular flexibility index (Phi) is 7.87. The second-order valence-electron chi connectivity index (χ2n) is 5.89. The van der Waals surface area contributed by atoms with Crippen molar-refractivity contribution in [3.05, 3.63) is 0 Å². The first-order chi connectivity index (χ1) is 8.20. The predicted molar refractivity (Wildman–Crippen MR) is 72.1 cm³/mol. The minimum absolute atomic E-state index is 0.172. The molecule has 0 aromatic rings. The van der Waals surface area contributed by atoms with Gasteiger partial charge in [0, 0.05) is 0 Å². The van der Waals surface area contributed by atoms with E-state index in [2.05, 4.69) is 13.8 Å². The van der Waals surface area contributed by atoms with Crippen molar-refractivity contribution < 1.29 is 9.84 Å². The highest BCUT2D eigenvalue weighted by Crippen LogP contribution is 2.19. The van der Waals surface area contributed by atoms with E-state index in [4.69, 9.17) is 4.74 Å². The van der Waals surface area contributed by atoms with Gasteiger partial charge in [0.1, 0.15) is 6.10 Å². The van der Waals surface area contributed by atoms with Crippen LogP contribution in [0.4, 0.5) is 0 Å². The molecule has 17 heavy (non-hydrogen) atoms. The van der Waals surface area contributed by atoms with E-state index in [0.29, 0.717) is 0 Å². The monoisotopic (exact) mass is 242 g/mol. The number of unbranched alkanes of at least 4 members (excludes halogenated alkanes) is 6. The van der Waals surface area contributed by atoms with Crippen molar-refractivity contribution in [3.8, 4) is 0 Å².